The lowest BCUT2D eigenvalue weighted by Gasteiger charge is -2.26. The van der Waals surface area contributed by atoms with Crippen LogP contribution < -0.4 is 10.1 Å². The van der Waals surface area contributed by atoms with E-state index in [1.165, 1.54) is 32.4 Å². The molecule has 1 aromatic rings. The van der Waals surface area contributed by atoms with Crippen molar-refractivity contribution < 1.29 is 19.4 Å². The molecule has 2 aliphatic heterocycles. The van der Waals surface area contributed by atoms with E-state index in [1.54, 1.807) is 6.21 Å². The third-order valence-electron chi connectivity index (χ3n) is 4.73. The number of carbonyl (C=O) groups excluding carboxylic acids is 1. The maximum Gasteiger partial charge on any atom is 0.305 e. The molecule has 0 radical (unpaired) electrons. The summed E-state index contributed by atoms with van der Waals surface area (Å²) < 4.78 is 5.92. The number of hydrogen-bond acceptors (Lipinski definition) is 7. The number of amides is 1. The van der Waals surface area contributed by atoms with Crippen molar-refractivity contribution in [1.29, 1.82) is 0 Å². The topological polar surface area (TPSA) is 104 Å². The normalized spacial score (nSPS) is 21.6. The number of carboxylic acids is 1. The van der Waals surface area contributed by atoms with Gasteiger partial charge in [-0.25, -0.2) is 0 Å². The summed E-state index contributed by atoms with van der Waals surface area (Å²) in [7, 11) is 0. The van der Waals surface area contributed by atoms with Gasteiger partial charge in [-0.1, -0.05) is 30.3 Å². The second-order valence-electron chi connectivity index (χ2n) is 6.99. The number of carbonyl (C=O) groups is 2. The molecule has 0 bridgehead atoms. The maximum absolute atomic E-state index is 11.7. The van der Waals surface area contributed by atoms with E-state index >= 15 is 0 Å². The van der Waals surface area contributed by atoms with Crippen LogP contribution in [0.2, 0.25) is 0 Å². The molecule has 2 fully saturated rings. The zero-order valence-electron chi connectivity index (χ0n) is 16.2. The molecule has 3 rings (SSSR count). The SMILES string of the molecule is O=C(O)CC1SC(=NN=Cc2ccccc2OCCCN2CCCCC2)NC1=O. The summed E-state index contributed by atoms with van der Waals surface area (Å²) in [6.07, 6.45) is 6.22. The molecule has 1 aromatic carbocycles. The highest BCUT2D eigenvalue weighted by atomic mass is 32.2. The van der Waals surface area contributed by atoms with Crippen molar-refractivity contribution in [3.63, 3.8) is 0 Å². The summed E-state index contributed by atoms with van der Waals surface area (Å²) in [5.41, 5.74) is 0.797. The summed E-state index contributed by atoms with van der Waals surface area (Å²) in [6, 6.07) is 7.58. The molecular formula is C20H26N4O4S. The Morgan fingerprint density at radius 2 is 2.10 bits per heavy atom. The van der Waals surface area contributed by atoms with Crippen LogP contribution in [0.5, 0.6) is 5.75 Å². The smallest absolute Gasteiger partial charge is 0.305 e. The molecule has 2 N–H and O–H groups in total. The van der Waals surface area contributed by atoms with E-state index in [0.29, 0.717) is 11.8 Å². The average molecular weight is 419 g/mol. The van der Waals surface area contributed by atoms with Gasteiger partial charge in [-0.05, 0) is 44.5 Å². The number of nitrogens with zero attached hydrogens (tertiary/aromatic N) is 3. The molecule has 1 atom stereocenters. The van der Waals surface area contributed by atoms with E-state index in [0.717, 1.165) is 36.0 Å². The lowest BCUT2D eigenvalue weighted by Crippen LogP contribution is -2.31. The average Bonchev–Trinajstić information content (AvgIpc) is 3.05. The quantitative estimate of drug-likeness (QED) is 0.362. The first-order valence-corrected chi connectivity index (χ1v) is 10.7. The van der Waals surface area contributed by atoms with Crippen molar-refractivity contribution in [2.75, 3.05) is 26.2 Å². The van der Waals surface area contributed by atoms with Crippen LogP contribution in [0, 0.1) is 0 Å². The number of aliphatic carboxylic acids is 1. The van der Waals surface area contributed by atoms with Gasteiger partial charge in [-0.15, -0.1) is 5.10 Å². The standard InChI is InChI=1S/C20H26N4O4S/c25-18(26)13-17-19(27)22-20(29-17)23-21-14-15-7-2-3-8-16(15)28-12-6-11-24-9-4-1-5-10-24/h2-3,7-8,14,17H,1,4-6,9-13H2,(H,25,26)(H,22,23,27). The summed E-state index contributed by atoms with van der Waals surface area (Å²) in [4.78, 5) is 25.0. The van der Waals surface area contributed by atoms with E-state index in [-0.39, 0.29) is 12.3 Å². The fourth-order valence-electron chi connectivity index (χ4n) is 3.26. The third kappa shape index (κ3) is 6.86. The first-order chi connectivity index (χ1) is 14.1. The Morgan fingerprint density at radius 3 is 2.90 bits per heavy atom. The van der Waals surface area contributed by atoms with Crippen molar-refractivity contribution in [3.05, 3.63) is 29.8 Å². The number of likely N-dealkylation sites (tertiary alicyclic amines) is 1. The van der Waals surface area contributed by atoms with Crippen LogP contribution in [-0.2, 0) is 9.59 Å². The first kappa shape index (κ1) is 21.3. The first-order valence-electron chi connectivity index (χ1n) is 9.86. The largest absolute Gasteiger partial charge is 0.493 e. The van der Waals surface area contributed by atoms with E-state index in [4.69, 9.17) is 9.84 Å². The lowest BCUT2D eigenvalue weighted by atomic mass is 10.1. The summed E-state index contributed by atoms with van der Waals surface area (Å²) in [6.45, 7) is 4.06. The molecule has 2 heterocycles. The van der Waals surface area contributed by atoms with Crippen LogP contribution in [0.15, 0.2) is 34.5 Å². The molecule has 2 aliphatic rings. The van der Waals surface area contributed by atoms with Crippen LogP contribution in [-0.4, -0.2) is 64.8 Å². The second-order valence-corrected chi connectivity index (χ2v) is 8.18. The highest BCUT2D eigenvalue weighted by molar-refractivity contribution is 8.15. The van der Waals surface area contributed by atoms with Gasteiger partial charge in [0.1, 0.15) is 11.0 Å². The lowest BCUT2D eigenvalue weighted by molar-refractivity contribution is -0.138. The van der Waals surface area contributed by atoms with Gasteiger partial charge >= 0.3 is 5.97 Å². The van der Waals surface area contributed by atoms with Crippen molar-refractivity contribution in [2.45, 2.75) is 37.4 Å². The maximum atomic E-state index is 11.7. The highest BCUT2D eigenvalue weighted by Gasteiger charge is 2.32. The van der Waals surface area contributed by atoms with E-state index < -0.39 is 11.2 Å². The number of nitrogens with one attached hydrogen (secondary N) is 1. The fourth-order valence-corrected chi connectivity index (χ4v) is 4.18. The van der Waals surface area contributed by atoms with Crippen molar-refractivity contribution in [1.82, 2.24) is 10.2 Å². The van der Waals surface area contributed by atoms with Crippen molar-refractivity contribution in [3.8, 4) is 5.75 Å². The van der Waals surface area contributed by atoms with Crippen molar-refractivity contribution >= 4 is 35.0 Å². The van der Waals surface area contributed by atoms with Crippen LogP contribution >= 0.6 is 11.8 Å². The molecule has 0 aromatic heterocycles. The molecule has 1 unspecified atom stereocenters. The zero-order valence-corrected chi connectivity index (χ0v) is 17.1. The van der Waals surface area contributed by atoms with Crippen LogP contribution in [0.1, 0.15) is 37.7 Å². The van der Waals surface area contributed by atoms with Gasteiger partial charge in [0.25, 0.3) is 0 Å². The molecule has 0 saturated carbocycles. The Labute approximate surface area is 174 Å². The number of thioether (sulfide) groups is 1. The number of piperidine rings is 1. The van der Waals surface area contributed by atoms with Gasteiger partial charge in [0, 0.05) is 12.1 Å². The minimum absolute atomic E-state index is 0.243. The number of rotatable bonds is 9. The van der Waals surface area contributed by atoms with E-state index in [2.05, 4.69) is 20.4 Å². The number of amidine groups is 1. The fraction of sp³-hybridized carbons (Fsp3) is 0.500. The van der Waals surface area contributed by atoms with Gasteiger partial charge in [0.2, 0.25) is 5.91 Å². The molecule has 156 valence electrons. The van der Waals surface area contributed by atoms with Crippen LogP contribution in [0.25, 0.3) is 0 Å². The predicted molar refractivity (Wildman–Crippen MR) is 114 cm³/mol. The van der Waals surface area contributed by atoms with Crippen molar-refractivity contribution in [2.24, 2.45) is 10.2 Å². The summed E-state index contributed by atoms with van der Waals surface area (Å²) in [5, 5.41) is 19.0. The second kappa shape index (κ2) is 11.0. The third-order valence-corrected chi connectivity index (χ3v) is 5.80. The van der Waals surface area contributed by atoms with Gasteiger partial charge < -0.3 is 20.1 Å². The molecule has 2 saturated heterocycles. The summed E-state index contributed by atoms with van der Waals surface area (Å²) >= 11 is 1.08. The predicted octanol–water partition coefficient (Wildman–Crippen LogP) is 2.34. The Kier molecular flexibility index (Phi) is 8.06. The van der Waals surface area contributed by atoms with Gasteiger partial charge in [-0.3, -0.25) is 9.59 Å². The zero-order chi connectivity index (χ0) is 20.5. The van der Waals surface area contributed by atoms with Crippen LogP contribution in [0.4, 0.5) is 0 Å². The molecule has 1 amide bonds. The van der Waals surface area contributed by atoms with Crippen LogP contribution in [0.3, 0.4) is 0 Å². The Morgan fingerprint density at radius 1 is 1.31 bits per heavy atom. The molecule has 9 heteroatoms. The van der Waals surface area contributed by atoms with E-state index in [9.17, 15) is 9.59 Å². The van der Waals surface area contributed by atoms with E-state index in [1.807, 2.05) is 24.3 Å². The summed E-state index contributed by atoms with van der Waals surface area (Å²) in [5.74, 6) is -0.639. The Hall–Kier alpha value is -2.39. The van der Waals surface area contributed by atoms with Gasteiger partial charge in [0.05, 0.1) is 19.2 Å². The molecule has 0 aliphatic carbocycles. The van der Waals surface area contributed by atoms with Gasteiger partial charge in [-0.2, -0.15) is 5.10 Å². The minimum Gasteiger partial charge on any atom is -0.493 e. The Balaban J connectivity index is 1.49. The highest BCUT2D eigenvalue weighted by Crippen LogP contribution is 2.22. The molecular weight excluding hydrogens is 392 g/mol. The number of ether oxygens (including phenoxy) is 1. The molecule has 8 nitrogen and oxygen atoms in total. The monoisotopic (exact) mass is 418 g/mol. The number of hydrogen-bond donors (Lipinski definition) is 2. The molecule has 0 spiro atoms. The number of para-hydroxylation sites is 1. The number of benzene rings is 1. The Bertz CT molecular complexity index is 777. The molecule has 29 heavy (non-hydrogen) atoms. The van der Waals surface area contributed by atoms with Gasteiger partial charge in [0.15, 0.2) is 5.17 Å². The number of carboxylic acid groups (broad SMARTS) is 1. The minimum atomic E-state index is -1.02.